The molecule has 1 aromatic rings. The summed E-state index contributed by atoms with van der Waals surface area (Å²) in [5.41, 5.74) is -0.122. The number of carbonyl (C=O) groups excluding carboxylic acids is 3. The number of nitrogens with zero attached hydrogens (tertiary/aromatic N) is 1. The van der Waals surface area contributed by atoms with Crippen LogP contribution < -0.4 is 10.1 Å². The molecule has 0 unspecified atom stereocenters. The Bertz CT molecular complexity index is 654. The highest BCUT2D eigenvalue weighted by molar-refractivity contribution is 6.31. The maximum atomic E-state index is 12.5. The Morgan fingerprint density at radius 1 is 1.09 bits per heavy atom. The maximum absolute atomic E-state index is 12.5. The lowest BCUT2D eigenvalue weighted by molar-refractivity contribution is -0.133. The van der Waals surface area contributed by atoms with Crippen molar-refractivity contribution in [3.05, 3.63) is 35.4 Å². The number of rotatable bonds is 2. The van der Waals surface area contributed by atoms with Crippen LogP contribution in [0, 0.1) is 0 Å². The zero-order valence-corrected chi connectivity index (χ0v) is 13.0. The molecule has 1 aliphatic heterocycles. The van der Waals surface area contributed by atoms with Crippen LogP contribution in [0.3, 0.4) is 0 Å². The Morgan fingerprint density at radius 2 is 1.68 bits per heavy atom. The van der Waals surface area contributed by atoms with E-state index in [0.717, 1.165) is 4.90 Å². The zero-order valence-electron chi connectivity index (χ0n) is 13.0. The minimum atomic E-state index is -0.721. The van der Waals surface area contributed by atoms with Crippen LogP contribution in [0.4, 0.5) is 4.79 Å². The second-order valence-corrected chi connectivity index (χ2v) is 5.90. The molecule has 6 heteroatoms. The first-order valence-electron chi connectivity index (χ1n) is 6.79. The first-order chi connectivity index (χ1) is 10.2. The van der Waals surface area contributed by atoms with Crippen molar-refractivity contribution in [2.24, 2.45) is 0 Å². The smallest absolute Gasteiger partial charge is 0.331 e. The van der Waals surface area contributed by atoms with Gasteiger partial charge < -0.3 is 4.74 Å². The third kappa shape index (κ3) is 3.00. The lowest BCUT2D eigenvalue weighted by Gasteiger charge is -2.36. The van der Waals surface area contributed by atoms with Crippen LogP contribution in [0.5, 0.6) is 5.75 Å². The predicted octanol–water partition coefficient (Wildman–Crippen LogP) is 1.96. The van der Waals surface area contributed by atoms with Crippen molar-refractivity contribution in [1.29, 1.82) is 0 Å². The van der Waals surface area contributed by atoms with E-state index < -0.39 is 23.4 Å². The summed E-state index contributed by atoms with van der Waals surface area (Å²) in [5, 5.41) is 2.19. The molecule has 0 bridgehead atoms. The molecule has 1 aliphatic rings. The van der Waals surface area contributed by atoms with Crippen LogP contribution in [0.1, 0.15) is 26.3 Å². The Labute approximate surface area is 128 Å². The van der Waals surface area contributed by atoms with Crippen molar-refractivity contribution >= 4 is 23.9 Å². The highest BCUT2D eigenvalue weighted by atomic mass is 16.5. The first-order valence-corrected chi connectivity index (χ1v) is 6.79. The number of barbiturate groups is 1. The fourth-order valence-electron chi connectivity index (χ4n) is 2.13. The fourth-order valence-corrected chi connectivity index (χ4v) is 2.13. The van der Waals surface area contributed by atoms with E-state index in [1.165, 1.54) is 6.08 Å². The summed E-state index contributed by atoms with van der Waals surface area (Å²) in [5.74, 6) is -0.614. The molecule has 1 heterocycles. The molecule has 0 aromatic heterocycles. The molecule has 1 fully saturated rings. The van der Waals surface area contributed by atoms with Gasteiger partial charge in [-0.25, -0.2) is 4.79 Å². The van der Waals surface area contributed by atoms with Gasteiger partial charge in [-0.1, -0.05) is 12.1 Å². The average molecular weight is 302 g/mol. The van der Waals surface area contributed by atoms with Gasteiger partial charge in [-0.3, -0.25) is 19.8 Å². The van der Waals surface area contributed by atoms with Crippen LogP contribution >= 0.6 is 0 Å². The van der Waals surface area contributed by atoms with E-state index in [0.29, 0.717) is 11.3 Å². The number of urea groups is 1. The lowest BCUT2D eigenvalue weighted by Crippen LogP contribution is -2.60. The van der Waals surface area contributed by atoms with Crippen LogP contribution in [0.2, 0.25) is 0 Å². The normalized spacial score (nSPS) is 17.7. The van der Waals surface area contributed by atoms with Gasteiger partial charge in [-0.15, -0.1) is 0 Å². The van der Waals surface area contributed by atoms with Crippen molar-refractivity contribution in [3.63, 3.8) is 0 Å². The second kappa shape index (κ2) is 5.63. The Morgan fingerprint density at radius 3 is 2.18 bits per heavy atom. The molecule has 1 aromatic carbocycles. The van der Waals surface area contributed by atoms with E-state index in [9.17, 15) is 14.4 Å². The number of nitrogens with one attached hydrogen (secondary N) is 1. The molecular formula is C16H18N2O4. The van der Waals surface area contributed by atoms with Gasteiger partial charge in [0.15, 0.2) is 0 Å². The van der Waals surface area contributed by atoms with Gasteiger partial charge in [0.1, 0.15) is 11.3 Å². The summed E-state index contributed by atoms with van der Waals surface area (Å²) in [6.07, 6.45) is 1.46. The third-order valence-corrected chi connectivity index (χ3v) is 3.20. The van der Waals surface area contributed by atoms with E-state index in [4.69, 9.17) is 4.74 Å². The number of carbonyl (C=O) groups is 3. The molecular weight excluding hydrogens is 284 g/mol. The highest BCUT2D eigenvalue weighted by Crippen LogP contribution is 2.22. The Kier molecular flexibility index (Phi) is 4.03. The molecule has 1 N–H and O–H groups in total. The molecule has 2 rings (SSSR count). The number of hydrogen-bond donors (Lipinski definition) is 1. The molecule has 0 saturated carbocycles. The fraction of sp³-hybridized carbons (Fsp3) is 0.312. The largest absolute Gasteiger partial charge is 0.497 e. The SMILES string of the molecule is COc1ccc(/C=C2/C(=O)NC(=O)N(C(C)(C)C)C2=O)cc1. The summed E-state index contributed by atoms with van der Waals surface area (Å²) in [4.78, 5) is 37.3. The number of ether oxygens (including phenoxy) is 1. The monoisotopic (exact) mass is 302 g/mol. The summed E-state index contributed by atoms with van der Waals surface area (Å²) in [6, 6.07) is 6.21. The van der Waals surface area contributed by atoms with Gasteiger partial charge in [-0.2, -0.15) is 0 Å². The van der Waals surface area contributed by atoms with Gasteiger partial charge in [0.2, 0.25) is 0 Å². The zero-order chi connectivity index (χ0) is 16.5. The van der Waals surface area contributed by atoms with Crippen molar-refractivity contribution in [2.45, 2.75) is 26.3 Å². The van der Waals surface area contributed by atoms with Crippen molar-refractivity contribution in [1.82, 2.24) is 10.2 Å². The van der Waals surface area contributed by atoms with Gasteiger partial charge in [0.05, 0.1) is 7.11 Å². The number of amides is 4. The quantitative estimate of drug-likeness (QED) is 0.669. The van der Waals surface area contributed by atoms with Crippen LogP contribution in [0.15, 0.2) is 29.8 Å². The van der Waals surface area contributed by atoms with E-state index in [-0.39, 0.29) is 5.57 Å². The van der Waals surface area contributed by atoms with Gasteiger partial charge in [0, 0.05) is 5.54 Å². The molecule has 22 heavy (non-hydrogen) atoms. The van der Waals surface area contributed by atoms with Crippen LogP contribution in [-0.4, -0.2) is 35.4 Å². The minimum absolute atomic E-state index is 0.0697. The van der Waals surface area contributed by atoms with Gasteiger partial charge >= 0.3 is 6.03 Å². The summed E-state index contributed by atoms with van der Waals surface area (Å²) < 4.78 is 5.06. The Balaban J connectivity index is 2.39. The summed E-state index contributed by atoms with van der Waals surface area (Å²) in [7, 11) is 1.55. The Hall–Kier alpha value is -2.63. The summed E-state index contributed by atoms with van der Waals surface area (Å²) in [6.45, 7) is 5.18. The van der Waals surface area contributed by atoms with Crippen molar-refractivity contribution < 1.29 is 19.1 Å². The molecule has 4 amide bonds. The number of methoxy groups -OCH3 is 1. The van der Waals surface area contributed by atoms with Crippen molar-refractivity contribution in [3.8, 4) is 5.75 Å². The minimum Gasteiger partial charge on any atom is -0.497 e. The number of hydrogen-bond acceptors (Lipinski definition) is 4. The number of benzene rings is 1. The molecule has 0 atom stereocenters. The van der Waals surface area contributed by atoms with Gasteiger partial charge in [0.25, 0.3) is 11.8 Å². The van der Waals surface area contributed by atoms with E-state index in [2.05, 4.69) is 5.32 Å². The highest BCUT2D eigenvalue weighted by Gasteiger charge is 2.41. The topological polar surface area (TPSA) is 75.7 Å². The van der Waals surface area contributed by atoms with E-state index in [1.807, 2.05) is 0 Å². The van der Waals surface area contributed by atoms with Crippen LogP contribution in [0.25, 0.3) is 6.08 Å². The first kappa shape index (κ1) is 15.8. The van der Waals surface area contributed by atoms with Crippen molar-refractivity contribution in [2.75, 3.05) is 7.11 Å². The molecule has 6 nitrogen and oxygen atoms in total. The lowest BCUT2D eigenvalue weighted by atomic mass is 10.0. The molecule has 1 saturated heterocycles. The van der Waals surface area contributed by atoms with E-state index >= 15 is 0 Å². The average Bonchev–Trinajstić information content (AvgIpc) is 2.42. The number of imide groups is 2. The van der Waals surface area contributed by atoms with Crippen LogP contribution in [-0.2, 0) is 9.59 Å². The standard InChI is InChI=1S/C16H18N2O4/c1-16(2,3)18-14(20)12(13(19)17-15(18)21)9-10-5-7-11(22-4)8-6-10/h5-9H,1-4H3,(H,17,19,21)/b12-9-. The van der Waals surface area contributed by atoms with Gasteiger partial charge in [-0.05, 0) is 44.5 Å². The summed E-state index contributed by atoms with van der Waals surface area (Å²) >= 11 is 0. The maximum Gasteiger partial charge on any atom is 0.331 e. The third-order valence-electron chi connectivity index (χ3n) is 3.20. The molecule has 0 spiro atoms. The molecule has 0 radical (unpaired) electrons. The predicted molar refractivity (Wildman–Crippen MR) is 81.1 cm³/mol. The molecule has 116 valence electrons. The molecule has 0 aliphatic carbocycles. The second-order valence-electron chi connectivity index (χ2n) is 5.90. The van der Waals surface area contributed by atoms with E-state index in [1.54, 1.807) is 52.1 Å².